The Morgan fingerprint density at radius 3 is 2.36 bits per heavy atom. The van der Waals surface area contributed by atoms with Gasteiger partial charge in [-0.1, -0.05) is 25.1 Å². The molecule has 0 saturated carbocycles. The number of para-hydroxylation sites is 1. The van der Waals surface area contributed by atoms with E-state index in [1.807, 2.05) is 13.0 Å². The number of aryl methyl sites for hydroxylation is 2. The van der Waals surface area contributed by atoms with Crippen molar-refractivity contribution in [2.45, 2.75) is 33.3 Å². The van der Waals surface area contributed by atoms with Crippen molar-refractivity contribution >= 4 is 5.69 Å². The molecule has 1 aromatic rings. The van der Waals surface area contributed by atoms with E-state index in [0.717, 1.165) is 12.1 Å². The molecule has 2 nitrogen and oxygen atoms in total. The zero-order valence-electron chi connectivity index (χ0n) is 9.17. The molecule has 14 heavy (non-hydrogen) atoms. The quantitative estimate of drug-likeness (QED) is 0.770. The summed E-state index contributed by atoms with van der Waals surface area (Å²) in [6.07, 6.45) is 0.534. The molecule has 0 fully saturated rings. The van der Waals surface area contributed by atoms with Gasteiger partial charge in [0, 0.05) is 12.2 Å². The van der Waals surface area contributed by atoms with Gasteiger partial charge in [-0.3, -0.25) is 0 Å². The van der Waals surface area contributed by atoms with Gasteiger partial charge in [-0.25, -0.2) is 0 Å². The summed E-state index contributed by atoms with van der Waals surface area (Å²) in [6.45, 7) is 6.76. The van der Waals surface area contributed by atoms with Gasteiger partial charge in [0.15, 0.2) is 0 Å². The van der Waals surface area contributed by atoms with Crippen LogP contribution in [0.5, 0.6) is 0 Å². The van der Waals surface area contributed by atoms with E-state index >= 15 is 0 Å². The van der Waals surface area contributed by atoms with Gasteiger partial charge in [-0.05, 0) is 31.4 Å². The van der Waals surface area contributed by atoms with Crippen LogP contribution in [0.15, 0.2) is 18.2 Å². The third-order valence-corrected chi connectivity index (χ3v) is 2.47. The van der Waals surface area contributed by atoms with Crippen LogP contribution in [0.3, 0.4) is 0 Å². The SMILES string of the molecule is CCC(O)CNc1c(C)cccc1C. The summed E-state index contributed by atoms with van der Waals surface area (Å²) in [7, 11) is 0. The number of nitrogens with one attached hydrogen (secondary N) is 1. The van der Waals surface area contributed by atoms with Crippen LogP contribution in [0.2, 0.25) is 0 Å². The van der Waals surface area contributed by atoms with Crippen molar-refractivity contribution in [3.05, 3.63) is 29.3 Å². The second-order valence-electron chi connectivity index (χ2n) is 3.71. The number of rotatable bonds is 4. The van der Waals surface area contributed by atoms with Crippen LogP contribution in [-0.2, 0) is 0 Å². The minimum atomic E-state index is -0.256. The molecule has 0 radical (unpaired) electrons. The molecule has 0 aliphatic heterocycles. The second kappa shape index (κ2) is 5.01. The molecule has 0 aliphatic rings. The normalized spacial score (nSPS) is 12.6. The Morgan fingerprint density at radius 1 is 1.29 bits per heavy atom. The lowest BCUT2D eigenvalue weighted by Crippen LogP contribution is -2.19. The van der Waals surface area contributed by atoms with Gasteiger partial charge in [0.1, 0.15) is 0 Å². The van der Waals surface area contributed by atoms with E-state index in [4.69, 9.17) is 0 Å². The molecule has 0 amide bonds. The van der Waals surface area contributed by atoms with E-state index in [0.29, 0.717) is 6.54 Å². The highest BCUT2D eigenvalue weighted by Gasteiger charge is 2.04. The Kier molecular flexibility index (Phi) is 3.96. The predicted octanol–water partition coefficient (Wildman–Crippen LogP) is 2.49. The third-order valence-electron chi connectivity index (χ3n) is 2.47. The molecule has 78 valence electrons. The van der Waals surface area contributed by atoms with Gasteiger partial charge < -0.3 is 10.4 Å². The van der Waals surface area contributed by atoms with Gasteiger partial charge in [-0.15, -0.1) is 0 Å². The molecule has 2 N–H and O–H groups in total. The van der Waals surface area contributed by atoms with E-state index in [9.17, 15) is 5.11 Å². The average molecular weight is 193 g/mol. The first-order valence-corrected chi connectivity index (χ1v) is 5.13. The zero-order chi connectivity index (χ0) is 10.6. The van der Waals surface area contributed by atoms with Gasteiger partial charge >= 0.3 is 0 Å². The topological polar surface area (TPSA) is 32.3 Å². The van der Waals surface area contributed by atoms with Crippen molar-refractivity contribution in [3.8, 4) is 0 Å². The Morgan fingerprint density at radius 2 is 1.86 bits per heavy atom. The van der Waals surface area contributed by atoms with Gasteiger partial charge in [0.25, 0.3) is 0 Å². The highest BCUT2D eigenvalue weighted by Crippen LogP contribution is 2.19. The maximum Gasteiger partial charge on any atom is 0.0709 e. The lowest BCUT2D eigenvalue weighted by molar-refractivity contribution is 0.183. The van der Waals surface area contributed by atoms with Crippen LogP contribution in [0.25, 0.3) is 0 Å². The molecule has 0 saturated heterocycles. The fourth-order valence-electron chi connectivity index (χ4n) is 1.46. The molecule has 0 spiro atoms. The van der Waals surface area contributed by atoms with E-state index in [2.05, 4.69) is 31.3 Å². The van der Waals surface area contributed by atoms with E-state index in [1.165, 1.54) is 11.1 Å². The summed E-state index contributed by atoms with van der Waals surface area (Å²) in [5.41, 5.74) is 3.61. The van der Waals surface area contributed by atoms with Crippen LogP contribution >= 0.6 is 0 Å². The standard InChI is InChI=1S/C12H19NO/c1-4-11(14)8-13-12-9(2)6-5-7-10(12)3/h5-7,11,13-14H,4,8H2,1-3H3. The smallest absolute Gasteiger partial charge is 0.0709 e. The van der Waals surface area contributed by atoms with E-state index < -0.39 is 0 Å². The van der Waals surface area contributed by atoms with Crippen LogP contribution in [0, 0.1) is 13.8 Å². The molecule has 1 unspecified atom stereocenters. The number of anilines is 1. The molecule has 2 heteroatoms. The lowest BCUT2D eigenvalue weighted by atomic mass is 10.1. The largest absolute Gasteiger partial charge is 0.391 e. The number of benzene rings is 1. The van der Waals surface area contributed by atoms with Crippen molar-refractivity contribution in [2.24, 2.45) is 0 Å². The van der Waals surface area contributed by atoms with Gasteiger partial charge in [0.2, 0.25) is 0 Å². The Hall–Kier alpha value is -1.02. The number of hydrogen-bond acceptors (Lipinski definition) is 2. The summed E-state index contributed by atoms with van der Waals surface area (Å²) in [4.78, 5) is 0. The molecule has 1 rings (SSSR count). The first-order chi connectivity index (χ1) is 6.65. The highest BCUT2D eigenvalue weighted by atomic mass is 16.3. The molecular weight excluding hydrogens is 174 g/mol. The lowest BCUT2D eigenvalue weighted by Gasteiger charge is -2.14. The third kappa shape index (κ3) is 2.74. The maximum absolute atomic E-state index is 9.44. The second-order valence-corrected chi connectivity index (χ2v) is 3.71. The molecule has 0 aliphatic carbocycles. The number of hydrogen-bond donors (Lipinski definition) is 2. The Bertz CT molecular complexity index is 276. The van der Waals surface area contributed by atoms with Crippen molar-refractivity contribution in [2.75, 3.05) is 11.9 Å². The first-order valence-electron chi connectivity index (χ1n) is 5.13. The minimum absolute atomic E-state index is 0.256. The fourth-order valence-corrected chi connectivity index (χ4v) is 1.46. The summed E-state index contributed by atoms with van der Waals surface area (Å²) < 4.78 is 0. The predicted molar refractivity (Wildman–Crippen MR) is 60.7 cm³/mol. The monoisotopic (exact) mass is 193 g/mol. The average Bonchev–Trinajstić information content (AvgIpc) is 2.16. The molecule has 0 heterocycles. The van der Waals surface area contributed by atoms with Crippen molar-refractivity contribution < 1.29 is 5.11 Å². The molecule has 1 aromatic carbocycles. The van der Waals surface area contributed by atoms with E-state index in [1.54, 1.807) is 0 Å². The first kappa shape index (κ1) is 11.1. The number of aliphatic hydroxyl groups excluding tert-OH is 1. The summed E-state index contributed by atoms with van der Waals surface area (Å²) in [5.74, 6) is 0. The van der Waals surface area contributed by atoms with Crippen LogP contribution in [0.4, 0.5) is 5.69 Å². The Balaban J connectivity index is 2.66. The van der Waals surface area contributed by atoms with Crippen molar-refractivity contribution in [3.63, 3.8) is 0 Å². The molecule has 1 atom stereocenters. The summed E-state index contributed by atoms with van der Waals surface area (Å²) in [6, 6.07) is 6.20. The van der Waals surface area contributed by atoms with Gasteiger partial charge in [-0.2, -0.15) is 0 Å². The van der Waals surface area contributed by atoms with Crippen LogP contribution < -0.4 is 5.32 Å². The van der Waals surface area contributed by atoms with E-state index in [-0.39, 0.29) is 6.10 Å². The zero-order valence-corrected chi connectivity index (χ0v) is 9.17. The van der Waals surface area contributed by atoms with Crippen molar-refractivity contribution in [1.29, 1.82) is 0 Å². The van der Waals surface area contributed by atoms with Crippen LogP contribution in [-0.4, -0.2) is 17.8 Å². The number of aliphatic hydroxyl groups is 1. The minimum Gasteiger partial charge on any atom is -0.391 e. The Labute approximate surface area is 86.0 Å². The summed E-state index contributed by atoms with van der Waals surface area (Å²) >= 11 is 0. The molecular formula is C12H19NO. The van der Waals surface area contributed by atoms with Crippen LogP contribution in [0.1, 0.15) is 24.5 Å². The van der Waals surface area contributed by atoms with Crippen molar-refractivity contribution in [1.82, 2.24) is 0 Å². The maximum atomic E-state index is 9.44. The summed E-state index contributed by atoms with van der Waals surface area (Å²) in [5, 5.41) is 12.7. The fraction of sp³-hybridized carbons (Fsp3) is 0.500. The van der Waals surface area contributed by atoms with Gasteiger partial charge in [0.05, 0.1) is 6.10 Å². The molecule has 0 bridgehead atoms. The molecule has 0 aromatic heterocycles. The highest BCUT2D eigenvalue weighted by molar-refractivity contribution is 5.56.